The Morgan fingerprint density at radius 2 is 1.86 bits per heavy atom. The minimum absolute atomic E-state index is 0. The van der Waals surface area contributed by atoms with Crippen LogP contribution in [0.15, 0.2) is 53.5 Å². The van der Waals surface area contributed by atoms with Gasteiger partial charge in [0.15, 0.2) is 5.96 Å². The van der Waals surface area contributed by atoms with Crippen molar-refractivity contribution < 1.29 is 4.74 Å². The molecule has 0 amide bonds. The van der Waals surface area contributed by atoms with Gasteiger partial charge in [-0.15, -0.1) is 24.0 Å². The van der Waals surface area contributed by atoms with Crippen molar-refractivity contribution in [2.75, 3.05) is 19.0 Å². The van der Waals surface area contributed by atoms with E-state index in [1.165, 1.54) is 5.56 Å². The highest BCUT2D eigenvalue weighted by molar-refractivity contribution is 14.0. The second kappa shape index (κ2) is 9.53. The molecule has 0 fully saturated rings. The first-order valence-electron chi connectivity index (χ1n) is 6.63. The minimum atomic E-state index is 0. The highest BCUT2D eigenvalue weighted by Crippen LogP contribution is 2.22. The topological polar surface area (TPSA) is 59.6 Å². The largest absolute Gasteiger partial charge is 0.495 e. The van der Waals surface area contributed by atoms with E-state index in [9.17, 15) is 0 Å². The van der Waals surface area contributed by atoms with Crippen LogP contribution in [0.2, 0.25) is 5.02 Å². The van der Waals surface area contributed by atoms with Crippen LogP contribution in [0.25, 0.3) is 0 Å². The van der Waals surface area contributed by atoms with Crippen molar-refractivity contribution in [1.82, 2.24) is 0 Å². The third-order valence-electron chi connectivity index (χ3n) is 2.97. The first kappa shape index (κ1) is 18.6. The van der Waals surface area contributed by atoms with Crippen molar-refractivity contribution >= 4 is 47.2 Å². The highest BCUT2D eigenvalue weighted by atomic mass is 127. The van der Waals surface area contributed by atoms with Crippen LogP contribution in [0.5, 0.6) is 5.75 Å². The Bertz CT molecular complexity index is 617. The van der Waals surface area contributed by atoms with E-state index in [0.29, 0.717) is 12.5 Å². The van der Waals surface area contributed by atoms with Crippen molar-refractivity contribution in [3.8, 4) is 5.75 Å². The SMILES string of the molecule is COc1ccccc1NC(N)=NCCc1ccc(Cl)cc1.I. The molecule has 22 heavy (non-hydrogen) atoms. The van der Waals surface area contributed by atoms with Gasteiger partial charge in [-0.3, -0.25) is 4.99 Å². The molecule has 0 saturated carbocycles. The summed E-state index contributed by atoms with van der Waals surface area (Å²) in [6.07, 6.45) is 0.811. The zero-order valence-electron chi connectivity index (χ0n) is 12.3. The van der Waals surface area contributed by atoms with Crippen molar-refractivity contribution in [3.63, 3.8) is 0 Å². The summed E-state index contributed by atoms with van der Waals surface area (Å²) in [4.78, 5) is 4.31. The highest BCUT2D eigenvalue weighted by Gasteiger charge is 2.02. The van der Waals surface area contributed by atoms with Gasteiger partial charge in [0, 0.05) is 11.6 Å². The summed E-state index contributed by atoms with van der Waals surface area (Å²) in [7, 11) is 1.62. The van der Waals surface area contributed by atoms with Crippen LogP contribution in [-0.4, -0.2) is 19.6 Å². The van der Waals surface area contributed by atoms with Crippen LogP contribution >= 0.6 is 35.6 Å². The lowest BCUT2D eigenvalue weighted by Gasteiger charge is -2.10. The number of aliphatic imine (C=N–C) groups is 1. The molecule has 2 aromatic carbocycles. The Balaban J connectivity index is 0.00000242. The Morgan fingerprint density at radius 3 is 2.55 bits per heavy atom. The molecule has 0 spiro atoms. The average Bonchev–Trinajstić information content (AvgIpc) is 2.50. The molecule has 0 atom stereocenters. The number of rotatable bonds is 5. The maximum absolute atomic E-state index is 5.88. The summed E-state index contributed by atoms with van der Waals surface area (Å²) in [5.41, 5.74) is 7.85. The monoisotopic (exact) mass is 431 g/mol. The Hall–Kier alpha value is -1.47. The molecule has 0 saturated heterocycles. The lowest BCUT2D eigenvalue weighted by atomic mass is 10.1. The van der Waals surface area contributed by atoms with Gasteiger partial charge in [-0.25, -0.2) is 0 Å². The van der Waals surface area contributed by atoms with Gasteiger partial charge >= 0.3 is 0 Å². The van der Waals surface area contributed by atoms with Crippen LogP contribution in [0.3, 0.4) is 0 Å². The van der Waals surface area contributed by atoms with Gasteiger partial charge in [-0.05, 0) is 36.2 Å². The number of nitrogens with zero attached hydrogens (tertiary/aromatic N) is 1. The number of anilines is 1. The number of methoxy groups -OCH3 is 1. The Kier molecular flexibility index (Phi) is 8.05. The number of halogens is 2. The summed E-state index contributed by atoms with van der Waals surface area (Å²) in [6.45, 7) is 0.607. The van der Waals surface area contributed by atoms with Gasteiger partial charge < -0.3 is 15.8 Å². The smallest absolute Gasteiger partial charge is 0.193 e. The first-order valence-corrected chi connectivity index (χ1v) is 7.01. The van der Waals surface area contributed by atoms with Gasteiger partial charge in [0.25, 0.3) is 0 Å². The third-order valence-corrected chi connectivity index (χ3v) is 3.22. The summed E-state index contributed by atoms with van der Waals surface area (Å²) >= 11 is 5.85. The van der Waals surface area contributed by atoms with Gasteiger partial charge in [-0.1, -0.05) is 35.9 Å². The standard InChI is InChI=1S/C16H18ClN3O.HI/c1-21-15-5-3-2-4-14(15)20-16(18)19-11-10-12-6-8-13(17)9-7-12;/h2-9H,10-11H2,1H3,(H3,18,19,20);1H. The minimum Gasteiger partial charge on any atom is -0.495 e. The lowest BCUT2D eigenvalue weighted by Crippen LogP contribution is -2.23. The van der Waals surface area contributed by atoms with Crippen molar-refractivity contribution in [2.24, 2.45) is 10.7 Å². The molecule has 0 aliphatic carbocycles. The van der Waals surface area contributed by atoms with E-state index in [2.05, 4.69) is 10.3 Å². The summed E-state index contributed by atoms with van der Waals surface area (Å²) in [5.74, 6) is 1.10. The first-order chi connectivity index (χ1) is 10.2. The van der Waals surface area contributed by atoms with Crippen LogP contribution < -0.4 is 15.8 Å². The molecule has 0 radical (unpaired) electrons. The zero-order valence-corrected chi connectivity index (χ0v) is 15.3. The number of ether oxygens (including phenoxy) is 1. The van der Waals surface area contributed by atoms with Gasteiger partial charge in [0.05, 0.1) is 12.8 Å². The molecule has 0 aliphatic rings. The molecule has 4 nitrogen and oxygen atoms in total. The molecule has 0 unspecified atom stereocenters. The number of para-hydroxylation sites is 2. The summed E-state index contributed by atoms with van der Waals surface area (Å²) < 4.78 is 5.25. The molecule has 6 heteroatoms. The van der Waals surface area contributed by atoms with E-state index in [1.54, 1.807) is 7.11 Å². The molecule has 118 valence electrons. The predicted octanol–water partition coefficient (Wildman–Crippen LogP) is 3.94. The van der Waals surface area contributed by atoms with Crippen LogP contribution in [0.4, 0.5) is 5.69 Å². The number of benzene rings is 2. The Labute approximate surface area is 152 Å². The van der Waals surface area contributed by atoms with E-state index < -0.39 is 0 Å². The third kappa shape index (κ3) is 5.73. The van der Waals surface area contributed by atoms with Crippen molar-refractivity contribution in [1.29, 1.82) is 0 Å². The van der Waals surface area contributed by atoms with Crippen LogP contribution in [-0.2, 0) is 6.42 Å². The molecular weight excluding hydrogens is 413 g/mol. The molecule has 3 N–H and O–H groups in total. The van der Waals surface area contributed by atoms with Crippen LogP contribution in [0.1, 0.15) is 5.56 Å². The molecule has 0 heterocycles. The van der Waals surface area contributed by atoms with Gasteiger partial charge in [-0.2, -0.15) is 0 Å². The Morgan fingerprint density at radius 1 is 1.18 bits per heavy atom. The molecule has 2 rings (SSSR count). The fourth-order valence-electron chi connectivity index (χ4n) is 1.88. The normalized spacial score (nSPS) is 10.7. The number of hydrogen-bond acceptors (Lipinski definition) is 2. The number of nitrogens with two attached hydrogens (primary N) is 1. The van der Waals surface area contributed by atoms with Gasteiger partial charge in [0.1, 0.15) is 5.75 Å². The van der Waals surface area contributed by atoms with Crippen molar-refractivity contribution in [3.05, 3.63) is 59.1 Å². The quantitative estimate of drug-likeness (QED) is 0.428. The maximum atomic E-state index is 5.88. The molecule has 0 aliphatic heterocycles. The number of hydrogen-bond donors (Lipinski definition) is 2. The van der Waals surface area contributed by atoms with Gasteiger partial charge in [0.2, 0.25) is 0 Å². The number of nitrogens with one attached hydrogen (secondary N) is 1. The summed E-state index contributed by atoms with van der Waals surface area (Å²) in [5, 5.41) is 3.77. The van der Waals surface area contributed by atoms with E-state index in [4.69, 9.17) is 22.1 Å². The maximum Gasteiger partial charge on any atom is 0.193 e. The molecule has 0 aromatic heterocycles. The van der Waals surface area contributed by atoms with E-state index >= 15 is 0 Å². The van der Waals surface area contributed by atoms with Crippen LogP contribution in [0, 0.1) is 0 Å². The van der Waals surface area contributed by atoms with E-state index in [-0.39, 0.29) is 24.0 Å². The second-order valence-corrected chi connectivity index (χ2v) is 4.91. The number of guanidine groups is 1. The molecule has 0 bridgehead atoms. The second-order valence-electron chi connectivity index (χ2n) is 4.47. The average molecular weight is 432 g/mol. The fourth-order valence-corrected chi connectivity index (χ4v) is 2.01. The van der Waals surface area contributed by atoms with Crippen molar-refractivity contribution in [2.45, 2.75) is 6.42 Å². The summed E-state index contributed by atoms with van der Waals surface area (Å²) in [6, 6.07) is 15.3. The van der Waals surface area contributed by atoms with E-state index in [1.807, 2.05) is 48.5 Å². The fraction of sp³-hybridized carbons (Fsp3) is 0.188. The van der Waals surface area contributed by atoms with E-state index in [0.717, 1.165) is 22.9 Å². The predicted molar refractivity (Wildman–Crippen MR) is 104 cm³/mol. The molecular formula is C16H19ClIN3O. The lowest BCUT2D eigenvalue weighted by molar-refractivity contribution is 0.417. The molecule has 2 aromatic rings. The zero-order chi connectivity index (χ0) is 15.1.